The Balaban J connectivity index is 2.52. The predicted octanol–water partition coefficient (Wildman–Crippen LogP) is 2.05. The number of benzene rings is 1. The van der Waals surface area contributed by atoms with Gasteiger partial charge in [-0.25, -0.2) is 4.79 Å². The van der Waals surface area contributed by atoms with Gasteiger partial charge < -0.3 is 10.8 Å². The molecule has 1 heterocycles. The second-order valence-corrected chi connectivity index (χ2v) is 4.19. The Kier molecular flexibility index (Phi) is 3.65. The molecule has 2 rings (SSSR count). The molecule has 0 unspecified atom stereocenters. The summed E-state index contributed by atoms with van der Waals surface area (Å²) in [7, 11) is 0. The number of carbonyl (C=O) groups excluding carboxylic acids is 1. The summed E-state index contributed by atoms with van der Waals surface area (Å²) in [5.74, 6) is -1.37. The number of carboxylic acid groups (broad SMARTS) is 1. The topological polar surface area (TPSA) is 96.5 Å². The van der Waals surface area contributed by atoms with Crippen LogP contribution in [0.3, 0.4) is 0 Å². The number of anilines is 3. The van der Waals surface area contributed by atoms with E-state index in [1.165, 1.54) is 30.3 Å². The number of rotatable bonds is 3. The number of nitrogens with zero attached hydrogens (tertiary/aromatic N) is 2. The first-order chi connectivity index (χ1) is 9.49. The lowest BCUT2D eigenvalue weighted by molar-refractivity contribution is -0.115. The van der Waals surface area contributed by atoms with E-state index in [0.717, 1.165) is 0 Å². The first kappa shape index (κ1) is 13.5. The highest BCUT2D eigenvalue weighted by atomic mass is 16.4. The average Bonchev–Trinajstić information content (AvgIpc) is 2.39. The summed E-state index contributed by atoms with van der Waals surface area (Å²) < 4.78 is 0. The fourth-order valence-electron chi connectivity index (χ4n) is 1.84. The van der Waals surface area contributed by atoms with Crippen molar-refractivity contribution in [1.82, 2.24) is 4.98 Å². The number of aromatic carboxylic acids is 1. The van der Waals surface area contributed by atoms with Crippen LogP contribution in [0.25, 0.3) is 0 Å². The molecule has 6 nitrogen and oxygen atoms in total. The van der Waals surface area contributed by atoms with Crippen LogP contribution in [0.5, 0.6) is 0 Å². The fourth-order valence-corrected chi connectivity index (χ4v) is 1.84. The summed E-state index contributed by atoms with van der Waals surface area (Å²) >= 11 is 0. The summed E-state index contributed by atoms with van der Waals surface area (Å²) in [6, 6.07) is 8.16. The van der Waals surface area contributed by atoms with Gasteiger partial charge in [-0.15, -0.1) is 0 Å². The Bertz CT molecular complexity index is 670. The molecule has 0 saturated heterocycles. The molecule has 0 aliphatic rings. The van der Waals surface area contributed by atoms with Gasteiger partial charge in [0, 0.05) is 18.8 Å². The standard InChI is InChI=1S/C14H13N3O3/c1-9(18)17(12-4-2-3-11(15)6-12)13-5-10(14(19)20)7-16-8-13/h2-8H,15H2,1H3,(H,19,20). The van der Waals surface area contributed by atoms with Crippen LogP contribution in [0.15, 0.2) is 42.7 Å². The van der Waals surface area contributed by atoms with Crippen LogP contribution in [-0.2, 0) is 4.79 Å². The Morgan fingerprint density at radius 2 is 1.95 bits per heavy atom. The van der Waals surface area contributed by atoms with E-state index >= 15 is 0 Å². The molecular weight excluding hydrogens is 258 g/mol. The van der Waals surface area contributed by atoms with E-state index in [0.29, 0.717) is 17.1 Å². The number of pyridine rings is 1. The van der Waals surface area contributed by atoms with Crippen molar-refractivity contribution in [3.05, 3.63) is 48.3 Å². The van der Waals surface area contributed by atoms with Crippen molar-refractivity contribution >= 4 is 28.9 Å². The summed E-state index contributed by atoms with van der Waals surface area (Å²) in [5, 5.41) is 8.98. The van der Waals surface area contributed by atoms with Gasteiger partial charge in [-0.05, 0) is 24.3 Å². The van der Waals surface area contributed by atoms with Crippen LogP contribution in [0.1, 0.15) is 17.3 Å². The number of aromatic nitrogens is 1. The lowest BCUT2D eigenvalue weighted by Gasteiger charge is -2.21. The van der Waals surface area contributed by atoms with E-state index in [2.05, 4.69) is 4.98 Å². The minimum atomic E-state index is -1.10. The molecule has 0 atom stereocenters. The highest BCUT2D eigenvalue weighted by molar-refractivity contribution is 6.00. The van der Waals surface area contributed by atoms with Gasteiger partial charge in [0.05, 0.1) is 23.1 Å². The van der Waals surface area contributed by atoms with Crippen molar-refractivity contribution in [2.24, 2.45) is 0 Å². The van der Waals surface area contributed by atoms with Crippen molar-refractivity contribution in [3.8, 4) is 0 Å². The molecule has 0 aliphatic carbocycles. The molecule has 6 heteroatoms. The molecule has 1 aromatic carbocycles. The molecule has 0 spiro atoms. The molecule has 0 aliphatic heterocycles. The third-order valence-corrected chi connectivity index (χ3v) is 2.67. The zero-order chi connectivity index (χ0) is 14.7. The SMILES string of the molecule is CC(=O)N(c1cccc(N)c1)c1cncc(C(=O)O)c1. The van der Waals surface area contributed by atoms with E-state index in [9.17, 15) is 9.59 Å². The monoisotopic (exact) mass is 271 g/mol. The van der Waals surface area contributed by atoms with Gasteiger partial charge in [0.25, 0.3) is 0 Å². The van der Waals surface area contributed by atoms with Crippen LogP contribution in [0, 0.1) is 0 Å². The quantitative estimate of drug-likeness (QED) is 0.833. The molecule has 0 fully saturated rings. The number of nitrogens with two attached hydrogens (primary N) is 1. The van der Waals surface area contributed by atoms with Crippen molar-refractivity contribution in [1.29, 1.82) is 0 Å². The molecule has 0 radical (unpaired) electrons. The molecule has 1 aromatic heterocycles. The van der Waals surface area contributed by atoms with Gasteiger partial charge >= 0.3 is 5.97 Å². The van der Waals surface area contributed by atoms with E-state index in [1.807, 2.05) is 0 Å². The van der Waals surface area contributed by atoms with Gasteiger partial charge in [-0.1, -0.05) is 6.07 Å². The summed E-state index contributed by atoms with van der Waals surface area (Å²) in [6.45, 7) is 1.39. The Hall–Kier alpha value is -2.89. The van der Waals surface area contributed by atoms with Gasteiger partial charge in [-0.3, -0.25) is 14.7 Å². The van der Waals surface area contributed by atoms with Crippen LogP contribution in [-0.4, -0.2) is 22.0 Å². The van der Waals surface area contributed by atoms with Crippen LogP contribution in [0.2, 0.25) is 0 Å². The van der Waals surface area contributed by atoms with E-state index in [1.54, 1.807) is 24.3 Å². The third kappa shape index (κ3) is 2.74. The zero-order valence-corrected chi connectivity index (χ0v) is 10.8. The highest BCUT2D eigenvalue weighted by Crippen LogP contribution is 2.27. The lowest BCUT2D eigenvalue weighted by Crippen LogP contribution is -2.23. The minimum absolute atomic E-state index is 0.0117. The number of amides is 1. The maximum absolute atomic E-state index is 11.8. The molecular formula is C14H13N3O3. The second kappa shape index (κ2) is 5.40. The first-order valence-corrected chi connectivity index (χ1v) is 5.83. The zero-order valence-electron chi connectivity index (χ0n) is 10.8. The first-order valence-electron chi connectivity index (χ1n) is 5.83. The summed E-state index contributed by atoms with van der Waals surface area (Å²) in [5.41, 5.74) is 7.16. The van der Waals surface area contributed by atoms with Crippen molar-refractivity contribution in [2.75, 3.05) is 10.6 Å². The fraction of sp³-hybridized carbons (Fsp3) is 0.0714. The third-order valence-electron chi connectivity index (χ3n) is 2.67. The molecule has 2 aromatic rings. The summed E-state index contributed by atoms with van der Waals surface area (Å²) in [6.07, 6.45) is 2.65. The van der Waals surface area contributed by atoms with Crippen molar-refractivity contribution in [2.45, 2.75) is 6.92 Å². The largest absolute Gasteiger partial charge is 0.478 e. The number of carboxylic acids is 1. The Morgan fingerprint density at radius 3 is 2.55 bits per heavy atom. The summed E-state index contributed by atoms with van der Waals surface area (Å²) in [4.78, 5) is 28.0. The Morgan fingerprint density at radius 1 is 1.20 bits per heavy atom. The maximum Gasteiger partial charge on any atom is 0.337 e. The number of nitrogen functional groups attached to an aromatic ring is 1. The van der Waals surface area contributed by atoms with Crippen molar-refractivity contribution in [3.63, 3.8) is 0 Å². The van der Waals surface area contributed by atoms with E-state index in [4.69, 9.17) is 10.8 Å². The van der Waals surface area contributed by atoms with Gasteiger partial charge in [0.15, 0.2) is 0 Å². The van der Waals surface area contributed by atoms with Gasteiger partial charge in [0.1, 0.15) is 0 Å². The number of hydrogen-bond acceptors (Lipinski definition) is 4. The molecule has 20 heavy (non-hydrogen) atoms. The van der Waals surface area contributed by atoms with E-state index < -0.39 is 5.97 Å². The minimum Gasteiger partial charge on any atom is -0.478 e. The second-order valence-electron chi connectivity index (χ2n) is 4.19. The van der Waals surface area contributed by atoms with Gasteiger partial charge in [-0.2, -0.15) is 0 Å². The van der Waals surface area contributed by atoms with Crippen molar-refractivity contribution < 1.29 is 14.7 Å². The maximum atomic E-state index is 11.8. The predicted molar refractivity (Wildman–Crippen MR) is 74.9 cm³/mol. The van der Waals surface area contributed by atoms with Gasteiger partial charge in [0.2, 0.25) is 5.91 Å². The molecule has 0 saturated carbocycles. The number of hydrogen-bond donors (Lipinski definition) is 2. The lowest BCUT2D eigenvalue weighted by atomic mass is 10.2. The number of carbonyl (C=O) groups is 2. The molecule has 3 N–H and O–H groups in total. The average molecular weight is 271 g/mol. The van der Waals surface area contributed by atoms with Crippen LogP contribution in [0.4, 0.5) is 17.1 Å². The molecule has 1 amide bonds. The molecule has 102 valence electrons. The molecule has 0 bridgehead atoms. The highest BCUT2D eigenvalue weighted by Gasteiger charge is 2.16. The smallest absolute Gasteiger partial charge is 0.337 e. The normalized spacial score (nSPS) is 10.1. The van der Waals surface area contributed by atoms with E-state index in [-0.39, 0.29) is 11.5 Å². The van der Waals surface area contributed by atoms with Crippen LogP contribution >= 0.6 is 0 Å². The Labute approximate surface area is 115 Å². The van der Waals surface area contributed by atoms with Crippen LogP contribution < -0.4 is 10.6 Å².